The largest absolute Gasteiger partial charge is 0.497 e. The van der Waals surface area contributed by atoms with E-state index in [9.17, 15) is 5.11 Å². The molecule has 0 bridgehead atoms. The van der Waals surface area contributed by atoms with Gasteiger partial charge in [0.2, 0.25) is 0 Å². The van der Waals surface area contributed by atoms with Crippen molar-refractivity contribution in [2.75, 3.05) is 7.11 Å². The lowest BCUT2D eigenvalue weighted by Gasteiger charge is -2.43. The van der Waals surface area contributed by atoms with Crippen LogP contribution in [0.2, 0.25) is 13.1 Å². The van der Waals surface area contributed by atoms with E-state index in [1.807, 2.05) is 0 Å². The first-order valence-corrected chi connectivity index (χ1v) is 11.9. The van der Waals surface area contributed by atoms with Crippen molar-refractivity contribution in [2.24, 2.45) is 11.3 Å². The minimum atomic E-state index is -1.11. The van der Waals surface area contributed by atoms with Crippen LogP contribution < -0.4 is 4.74 Å². The summed E-state index contributed by atoms with van der Waals surface area (Å²) < 4.78 is 5.23. The van der Waals surface area contributed by atoms with Crippen LogP contribution in [0.25, 0.3) is 0 Å². The van der Waals surface area contributed by atoms with E-state index in [0.717, 1.165) is 30.4 Å². The maximum absolute atomic E-state index is 11.1. The highest BCUT2D eigenvalue weighted by Crippen LogP contribution is 2.51. The van der Waals surface area contributed by atoms with Gasteiger partial charge in [-0.25, -0.2) is 0 Å². The molecule has 1 aromatic carbocycles. The highest BCUT2D eigenvalue weighted by atomic mass is 28.3. The van der Waals surface area contributed by atoms with Crippen molar-refractivity contribution in [1.29, 1.82) is 0 Å². The zero-order valence-electron chi connectivity index (χ0n) is 15.7. The van der Waals surface area contributed by atoms with Gasteiger partial charge in [0.05, 0.1) is 21.1 Å². The molecule has 2 rings (SSSR count). The van der Waals surface area contributed by atoms with Crippen molar-refractivity contribution in [3.63, 3.8) is 0 Å². The van der Waals surface area contributed by atoms with Crippen molar-refractivity contribution < 1.29 is 9.84 Å². The molecule has 0 aromatic heterocycles. The average Bonchev–Trinajstić information content (AvgIpc) is 3.25. The predicted octanol–water partition coefficient (Wildman–Crippen LogP) is 4.77. The van der Waals surface area contributed by atoms with E-state index in [0.29, 0.717) is 0 Å². The Morgan fingerprint density at radius 1 is 1.17 bits per heavy atom. The third-order valence-electron chi connectivity index (χ3n) is 5.85. The number of ether oxygens (including phenoxy) is 1. The maximum atomic E-state index is 11.1. The molecule has 3 heteroatoms. The average molecular weight is 335 g/mol. The first-order valence-electron chi connectivity index (χ1n) is 9.05. The number of hydrogen-bond donors (Lipinski definition) is 1. The Morgan fingerprint density at radius 2 is 1.78 bits per heavy atom. The second-order valence-electron chi connectivity index (χ2n) is 8.60. The molecular weight excluding hydrogens is 300 g/mol. The summed E-state index contributed by atoms with van der Waals surface area (Å²) >= 11 is 0. The van der Waals surface area contributed by atoms with Crippen LogP contribution in [-0.2, 0) is 0 Å². The van der Waals surface area contributed by atoms with Crippen molar-refractivity contribution in [2.45, 2.75) is 70.7 Å². The molecule has 0 amide bonds. The summed E-state index contributed by atoms with van der Waals surface area (Å²) in [6, 6.07) is 8.53. The third-order valence-corrected chi connectivity index (χ3v) is 8.92. The van der Waals surface area contributed by atoms with E-state index < -0.39 is 14.0 Å². The van der Waals surface area contributed by atoms with Crippen LogP contribution in [0.1, 0.15) is 57.9 Å². The number of benzene rings is 1. The normalized spacial score (nSPS) is 23.7. The summed E-state index contributed by atoms with van der Waals surface area (Å²) in [6.07, 6.45) is 4.66. The minimum absolute atomic E-state index is 0.00761. The molecule has 1 N–H and O–H groups in total. The zero-order valence-corrected chi connectivity index (χ0v) is 16.9. The van der Waals surface area contributed by atoms with E-state index in [4.69, 9.17) is 4.74 Å². The van der Waals surface area contributed by atoms with Crippen molar-refractivity contribution in [1.82, 2.24) is 0 Å². The van der Waals surface area contributed by atoms with Gasteiger partial charge in [-0.1, -0.05) is 52.4 Å². The van der Waals surface area contributed by atoms with Gasteiger partial charge in [-0.15, -0.1) is 0 Å². The molecule has 1 fully saturated rings. The summed E-state index contributed by atoms with van der Waals surface area (Å²) in [6.45, 7) is 11.1. The van der Waals surface area contributed by atoms with Crippen LogP contribution in [0.3, 0.4) is 0 Å². The highest BCUT2D eigenvalue weighted by molar-refractivity contribution is 6.59. The van der Waals surface area contributed by atoms with Crippen molar-refractivity contribution >= 4 is 8.80 Å². The second-order valence-corrected chi connectivity index (χ2v) is 11.9. The Hall–Kier alpha value is -0.803. The molecule has 2 nitrogen and oxygen atoms in total. The van der Waals surface area contributed by atoms with Gasteiger partial charge < -0.3 is 9.84 Å². The SMILES string of the molecule is COc1ccc(C2CC2CCCC(O)([SiH](C)C)C(C)(C)C)cc1. The molecule has 0 heterocycles. The smallest absolute Gasteiger partial charge is 0.118 e. The Balaban J connectivity index is 1.83. The molecule has 3 unspecified atom stereocenters. The van der Waals surface area contributed by atoms with Crippen LogP contribution in [-0.4, -0.2) is 26.2 Å². The Labute approximate surface area is 143 Å². The molecule has 23 heavy (non-hydrogen) atoms. The van der Waals surface area contributed by atoms with Crippen molar-refractivity contribution in [3.8, 4) is 5.75 Å². The molecule has 1 aliphatic rings. The molecule has 1 aliphatic carbocycles. The van der Waals surface area contributed by atoms with Gasteiger partial charge in [0, 0.05) is 0 Å². The molecule has 130 valence electrons. The molecular formula is C20H34O2Si. The van der Waals surface area contributed by atoms with Gasteiger partial charge in [0.1, 0.15) is 5.75 Å². The molecule has 3 atom stereocenters. The third kappa shape index (κ3) is 4.19. The fourth-order valence-electron chi connectivity index (χ4n) is 3.99. The maximum Gasteiger partial charge on any atom is 0.118 e. The first kappa shape index (κ1) is 18.5. The van der Waals surface area contributed by atoms with Gasteiger partial charge in [0.15, 0.2) is 0 Å². The van der Waals surface area contributed by atoms with Crippen LogP contribution in [0, 0.1) is 11.3 Å². The summed E-state index contributed by atoms with van der Waals surface area (Å²) in [7, 11) is 0.601. The Kier molecular flexibility index (Phi) is 5.62. The fourth-order valence-corrected chi connectivity index (χ4v) is 6.50. The lowest BCUT2D eigenvalue weighted by molar-refractivity contribution is 0.00301. The number of rotatable bonds is 7. The molecule has 1 saturated carbocycles. The van der Waals surface area contributed by atoms with Crippen molar-refractivity contribution in [3.05, 3.63) is 29.8 Å². The predicted molar refractivity (Wildman–Crippen MR) is 101 cm³/mol. The lowest BCUT2D eigenvalue weighted by Crippen LogP contribution is -2.52. The quantitative estimate of drug-likeness (QED) is 0.728. The van der Waals surface area contributed by atoms with E-state index in [1.54, 1.807) is 7.11 Å². The van der Waals surface area contributed by atoms with Crippen LogP contribution in [0.5, 0.6) is 5.75 Å². The minimum Gasteiger partial charge on any atom is -0.497 e. The lowest BCUT2D eigenvalue weighted by atomic mass is 9.85. The number of methoxy groups -OCH3 is 1. The second kappa shape index (κ2) is 6.98. The Bertz CT molecular complexity index is 503. The zero-order chi connectivity index (χ0) is 17.3. The van der Waals surface area contributed by atoms with Gasteiger partial charge in [0.25, 0.3) is 0 Å². The van der Waals surface area contributed by atoms with Crippen LogP contribution in [0.15, 0.2) is 24.3 Å². The monoisotopic (exact) mass is 334 g/mol. The summed E-state index contributed by atoms with van der Waals surface area (Å²) in [5, 5.41) is 10.7. The molecule has 1 aromatic rings. The van der Waals surface area contributed by atoms with Gasteiger partial charge in [-0.05, 0) is 54.2 Å². The van der Waals surface area contributed by atoms with E-state index in [-0.39, 0.29) is 5.41 Å². The number of aliphatic hydroxyl groups is 1. The summed E-state index contributed by atoms with van der Waals surface area (Å²) in [5.41, 5.74) is 1.44. The van der Waals surface area contributed by atoms with Crippen LogP contribution >= 0.6 is 0 Å². The van der Waals surface area contributed by atoms with Gasteiger partial charge >= 0.3 is 0 Å². The first-order chi connectivity index (χ1) is 10.7. The Morgan fingerprint density at radius 3 is 2.26 bits per heavy atom. The topological polar surface area (TPSA) is 29.5 Å². The van der Waals surface area contributed by atoms with E-state index >= 15 is 0 Å². The molecule has 0 saturated heterocycles. The molecule has 0 aliphatic heterocycles. The van der Waals surface area contributed by atoms with E-state index in [1.165, 1.54) is 18.4 Å². The standard InChI is InChI=1S/C20H34O2Si/c1-19(2,3)20(21,23(5)6)13-7-8-16-14-18(16)15-9-11-17(22-4)12-10-15/h9-12,16,18,21,23H,7-8,13-14H2,1-6H3. The highest BCUT2D eigenvalue weighted by Gasteiger charge is 2.43. The van der Waals surface area contributed by atoms with Gasteiger partial charge in [-0.2, -0.15) is 0 Å². The molecule has 0 radical (unpaired) electrons. The summed E-state index contributed by atoms with van der Waals surface area (Å²) in [4.78, 5) is 0. The van der Waals surface area contributed by atoms with Gasteiger partial charge in [-0.3, -0.25) is 0 Å². The molecule has 0 spiro atoms. The number of hydrogen-bond acceptors (Lipinski definition) is 2. The van der Waals surface area contributed by atoms with E-state index in [2.05, 4.69) is 58.1 Å². The summed E-state index contributed by atoms with van der Waals surface area (Å²) in [5.74, 6) is 2.46. The fraction of sp³-hybridized carbons (Fsp3) is 0.700. The van der Waals surface area contributed by atoms with Crippen LogP contribution in [0.4, 0.5) is 0 Å².